The summed E-state index contributed by atoms with van der Waals surface area (Å²) in [5.41, 5.74) is 6.61. The SMILES string of the molecule is CN(CC1(N(C)C)CCC1)C(CN)C(C)(C)C. The Morgan fingerprint density at radius 1 is 1.18 bits per heavy atom. The fourth-order valence-electron chi connectivity index (χ4n) is 3.10. The molecule has 3 heteroatoms. The number of hydrogen-bond acceptors (Lipinski definition) is 3. The van der Waals surface area contributed by atoms with Crippen molar-refractivity contribution in [2.75, 3.05) is 34.2 Å². The largest absolute Gasteiger partial charge is 0.329 e. The lowest BCUT2D eigenvalue weighted by Crippen LogP contribution is -2.60. The van der Waals surface area contributed by atoms with E-state index in [1.165, 1.54) is 19.3 Å². The Bertz CT molecular complexity index is 238. The van der Waals surface area contributed by atoms with Crippen molar-refractivity contribution in [3.63, 3.8) is 0 Å². The molecule has 1 aliphatic rings. The van der Waals surface area contributed by atoms with Gasteiger partial charge in [0.2, 0.25) is 0 Å². The molecule has 1 fully saturated rings. The minimum atomic E-state index is 0.251. The number of nitrogens with two attached hydrogens (primary N) is 1. The first kappa shape index (κ1) is 14.9. The highest BCUT2D eigenvalue weighted by Gasteiger charge is 2.41. The van der Waals surface area contributed by atoms with Crippen molar-refractivity contribution >= 4 is 0 Å². The van der Waals surface area contributed by atoms with Gasteiger partial charge in [0.15, 0.2) is 0 Å². The first-order valence-electron chi connectivity index (χ1n) is 6.81. The molecule has 1 saturated carbocycles. The smallest absolute Gasteiger partial charge is 0.0330 e. The van der Waals surface area contributed by atoms with Crippen LogP contribution in [0.15, 0.2) is 0 Å². The van der Waals surface area contributed by atoms with Crippen LogP contribution in [-0.4, -0.2) is 55.6 Å². The summed E-state index contributed by atoms with van der Waals surface area (Å²) in [5, 5.41) is 0. The predicted molar refractivity (Wildman–Crippen MR) is 75.2 cm³/mol. The molecule has 0 radical (unpaired) electrons. The molecule has 17 heavy (non-hydrogen) atoms. The third-order valence-corrected chi connectivity index (χ3v) is 4.53. The van der Waals surface area contributed by atoms with Crippen LogP contribution < -0.4 is 5.73 Å². The monoisotopic (exact) mass is 241 g/mol. The van der Waals surface area contributed by atoms with Gasteiger partial charge in [0.25, 0.3) is 0 Å². The highest BCUT2D eigenvalue weighted by molar-refractivity contribution is 4.99. The van der Waals surface area contributed by atoms with Crippen LogP contribution >= 0.6 is 0 Å². The van der Waals surface area contributed by atoms with E-state index < -0.39 is 0 Å². The highest BCUT2D eigenvalue weighted by atomic mass is 15.2. The molecule has 0 spiro atoms. The van der Waals surface area contributed by atoms with Crippen molar-refractivity contribution in [3.05, 3.63) is 0 Å². The van der Waals surface area contributed by atoms with Gasteiger partial charge in [0.1, 0.15) is 0 Å². The van der Waals surface area contributed by atoms with Gasteiger partial charge in [-0.2, -0.15) is 0 Å². The molecular formula is C14H31N3. The summed E-state index contributed by atoms with van der Waals surface area (Å²) in [6, 6.07) is 0.458. The lowest BCUT2D eigenvalue weighted by atomic mass is 9.74. The first-order chi connectivity index (χ1) is 7.73. The molecule has 0 saturated heterocycles. The second kappa shape index (κ2) is 5.25. The van der Waals surface area contributed by atoms with Gasteiger partial charge in [-0.25, -0.2) is 0 Å². The Balaban J connectivity index is 2.67. The van der Waals surface area contributed by atoms with Gasteiger partial charge >= 0.3 is 0 Å². The Kier molecular flexibility index (Phi) is 4.61. The van der Waals surface area contributed by atoms with Crippen molar-refractivity contribution in [1.29, 1.82) is 0 Å². The van der Waals surface area contributed by atoms with Crippen LogP contribution in [-0.2, 0) is 0 Å². The predicted octanol–water partition coefficient (Wildman–Crippen LogP) is 1.78. The maximum absolute atomic E-state index is 5.96. The minimum absolute atomic E-state index is 0.251. The van der Waals surface area contributed by atoms with Crippen LogP contribution in [0.3, 0.4) is 0 Å². The van der Waals surface area contributed by atoms with Crippen LogP contribution in [0, 0.1) is 5.41 Å². The van der Waals surface area contributed by atoms with E-state index in [0.29, 0.717) is 11.6 Å². The Labute approximate surface area is 107 Å². The van der Waals surface area contributed by atoms with Crippen LogP contribution in [0.4, 0.5) is 0 Å². The zero-order chi connectivity index (χ0) is 13.3. The number of nitrogens with zero attached hydrogens (tertiary/aromatic N) is 2. The van der Waals surface area contributed by atoms with Gasteiger partial charge in [-0.05, 0) is 45.8 Å². The van der Waals surface area contributed by atoms with Crippen molar-refractivity contribution in [2.45, 2.75) is 51.6 Å². The summed E-state index contributed by atoms with van der Waals surface area (Å²) >= 11 is 0. The maximum atomic E-state index is 5.96. The third kappa shape index (κ3) is 3.21. The van der Waals surface area contributed by atoms with Crippen molar-refractivity contribution < 1.29 is 0 Å². The minimum Gasteiger partial charge on any atom is -0.329 e. The molecule has 0 aromatic heterocycles. The van der Waals surface area contributed by atoms with Crippen molar-refractivity contribution in [1.82, 2.24) is 9.80 Å². The van der Waals surface area contributed by atoms with E-state index >= 15 is 0 Å². The quantitative estimate of drug-likeness (QED) is 0.796. The molecule has 0 bridgehead atoms. The van der Waals surface area contributed by atoms with E-state index in [9.17, 15) is 0 Å². The van der Waals surface area contributed by atoms with Gasteiger partial charge in [-0.3, -0.25) is 4.90 Å². The lowest BCUT2D eigenvalue weighted by Gasteiger charge is -2.51. The van der Waals surface area contributed by atoms with E-state index in [0.717, 1.165) is 13.1 Å². The zero-order valence-electron chi connectivity index (χ0n) is 12.6. The average molecular weight is 241 g/mol. The molecule has 0 amide bonds. The van der Waals surface area contributed by atoms with Gasteiger partial charge in [0, 0.05) is 24.7 Å². The molecule has 1 aliphatic carbocycles. The van der Waals surface area contributed by atoms with Gasteiger partial charge < -0.3 is 10.6 Å². The molecule has 0 aliphatic heterocycles. The summed E-state index contributed by atoms with van der Waals surface area (Å²) in [6.45, 7) is 8.72. The summed E-state index contributed by atoms with van der Waals surface area (Å²) in [6.07, 6.45) is 4.02. The summed E-state index contributed by atoms with van der Waals surface area (Å²) in [4.78, 5) is 4.88. The molecule has 2 N–H and O–H groups in total. The normalized spacial score (nSPS) is 21.7. The number of likely N-dealkylation sites (N-methyl/N-ethyl adjacent to an activating group) is 2. The van der Waals surface area contributed by atoms with Gasteiger partial charge in [-0.15, -0.1) is 0 Å². The second-order valence-corrected chi connectivity index (χ2v) is 7.00. The van der Waals surface area contributed by atoms with E-state index in [4.69, 9.17) is 5.73 Å². The topological polar surface area (TPSA) is 32.5 Å². The second-order valence-electron chi connectivity index (χ2n) is 7.00. The molecule has 102 valence electrons. The Hall–Kier alpha value is -0.120. The lowest BCUT2D eigenvalue weighted by molar-refractivity contribution is 0.000571. The van der Waals surface area contributed by atoms with Gasteiger partial charge in [0.05, 0.1) is 0 Å². The third-order valence-electron chi connectivity index (χ3n) is 4.53. The molecule has 3 nitrogen and oxygen atoms in total. The summed E-state index contributed by atoms with van der Waals surface area (Å²) in [5.74, 6) is 0. The fourth-order valence-corrected chi connectivity index (χ4v) is 3.10. The molecule has 0 aromatic carbocycles. The highest BCUT2D eigenvalue weighted by Crippen LogP contribution is 2.37. The molecule has 1 rings (SSSR count). The number of hydrogen-bond donors (Lipinski definition) is 1. The first-order valence-corrected chi connectivity index (χ1v) is 6.81. The van der Waals surface area contributed by atoms with Crippen molar-refractivity contribution in [3.8, 4) is 0 Å². The standard InChI is InChI=1S/C14H31N3/c1-13(2,3)12(10-15)17(6)11-14(16(4)5)8-7-9-14/h12H,7-11,15H2,1-6H3. The fraction of sp³-hybridized carbons (Fsp3) is 1.00. The van der Waals surface area contributed by atoms with E-state index in [1.807, 2.05) is 0 Å². The maximum Gasteiger partial charge on any atom is 0.0330 e. The van der Waals surface area contributed by atoms with E-state index in [-0.39, 0.29) is 5.41 Å². The van der Waals surface area contributed by atoms with Gasteiger partial charge in [-0.1, -0.05) is 20.8 Å². The molecular weight excluding hydrogens is 210 g/mol. The molecule has 0 aromatic rings. The van der Waals surface area contributed by atoms with Crippen LogP contribution in [0.1, 0.15) is 40.0 Å². The summed E-state index contributed by atoms with van der Waals surface area (Å²) in [7, 11) is 6.65. The Morgan fingerprint density at radius 2 is 1.71 bits per heavy atom. The molecule has 1 atom stereocenters. The van der Waals surface area contributed by atoms with Crippen LogP contribution in [0.2, 0.25) is 0 Å². The van der Waals surface area contributed by atoms with Crippen LogP contribution in [0.5, 0.6) is 0 Å². The van der Waals surface area contributed by atoms with E-state index in [1.54, 1.807) is 0 Å². The molecule has 1 unspecified atom stereocenters. The van der Waals surface area contributed by atoms with Crippen LogP contribution in [0.25, 0.3) is 0 Å². The zero-order valence-corrected chi connectivity index (χ0v) is 12.6. The average Bonchev–Trinajstić information content (AvgIpc) is 2.09. The summed E-state index contributed by atoms with van der Waals surface area (Å²) < 4.78 is 0. The molecule has 0 heterocycles. The van der Waals surface area contributed by atoms with E-state index in [2.05, 4.69) is 51.7 Å². The Morgan fingerprint density at radius 3 is 1.94 bits per heavy atom. The number of rotatable bonds is 5. The van der Waals surface area contributed by atoms with Crippen molar-refractivity contribution in [2.24, 2.45) is 11.1 Å².